The van der Waals surface area contributed by atoms with E-state index < -0.39 is 31.0 Å². The second-order valence-corrected chi connectivity index (χ2v) is 4.86. The first-order chi connectivity index (χ1) is 11.9. The number of ether oxygens (including phenoxy) is 2. The fraction of sp³-hybridized carbons (Fsp3) is 0.188. The number of carbonyl (C=O) groups is 3. The summed E-state index contributed by atoms with van der Waals surface area (Å²) in [7, 11) is 1.64. The number of halogens is 2. The van der Waals surface area contributed by atoms with Gasteiger partial charge in [0.1, 0.15) is 11.4 Å². The van der Waals surface area contributed by atoms with Crippen LogP contribution in [0.3, 0.4) is 0 Å². The van der Waals surface area contributed by atoms with Crippen LogP contribution in [-0.2, 0) is 16.6 Å². The van der Waals surface area contributed by atoms with Gasteiger partial charge in [-0.2, -0.15) is 8.78 Å². The van der Waals surface area contributed by atoms with Crippen LogP contribution in [0.15, 0.2) is 42.6 Å². The molecule has 9 heteroatoms. The Labute approximate surface area is 141 Å². The van der Waals surface area contributed by atoms with Gasteiger partial charge < -0.3 is 14.0 Å². The third-order valence-corrected chi connectivity index (χ3v) is 3.08. The van der Waals surface area contributed by atoms with Crippen LogP contribution >= 0.6 is 0 Å². The highest BCUT2D eigenvalue weighted by Gasteiger charge is 2.15. The Balaban J connectivity index is 1.84. The molecule has 0 atom stereocenters. The number of imide groups is 1. The van der Waals surface area contributed by atoms with Crippen LogP contribution in [0.5, 0.6) is 5.75 Å². The number of hydrogen-bond donors (Lipinski definition) is 1. The summed E-state index contributed by atoms with van der Waals surface area (Å²) in [5, 5.41) is 2.08. The Morgan fingerprint density at radius 2 is 1.84 bits per heavy atom. The molecule has 0 aliphatic rings. The van der Waals surface area contributed by atoms with Crippen LogP contribution in [0.4, 0.5) is 8.78 Å². The number of aromatic nitrogens is 1. The molecule has 2 rings (SSSR count). The normalized spacial score (nSPS) is 10.4. The van der Waals surface area contributed by atoms with Crippen LogP contribution in [0.2, 0.25) is 0 Å². The number of aryl methyl sites for hydroxylation is 1. The molecule has 1 heterocycles. The number of amides is 2. The zero-order valence-corrected chi connectivity index (χ0v) is 13.1. The minimum atomic E-state index is -2.97. The standard InChI is InChI=1S/C16H14F2N2O5/c1-20-8-2-3-12(20)14(22)19-13(21)9-24-15(23)10-4-6-11(7-5-10)25-16(17)18/h2-8,16H,9H2,1H3,(H,19,21,22). The summed E-state index contributed by atoms with van der Waals surface area (Å²) in [6, 6.07) is 7.93. The van der Waals surface area contributed by atoms with Crippen LogP contribution in [0, 0.1) is 0 Å². The molecular formula is C16H14F2N2O5. The number of nitrogens with one attached hydrogen (secondary N) is 1. The van der Waals surface area contributed by atoms with Gasteiger partial charge in [-0.25, -0.2) is 4.79 Å². The number of alkyl halides is 2. The molecule has 0 fully saturated rings. The predicted octanol–water partition coefficient (Wildman–Crippen LogP) is 1.74. The zero-order valence-electron chi connectivity index (χ0n) is 13.1. The fourth-order valence-electron chi connectivity index (χ4n) is 1.91. The van der Waals surface area contributed by atoms with Gasteiger partial charge in [-0.15, -0.1) is 0 Å². The van der Waals surface area contributed by atoms with E-state index in [0.717, 1.165) is 0 Å². The summed E-state index contributed by atoms with van der Waals surface area (Å²) in [5.41, 5.74) is 0.317. The number of hydrogen-bond acceptors (Lipinski definition) is 5. The van der Waals surface area contributed by atoms with E-state index in [2.05, 4.69) is 10.1 Å². The summed E-state index contributed by atoms with van der Waals surface area (Å²) in [6.45, 7) is -3.63. The van der Waals surface area contributed by atoms with E-state index in [1.54, 1.807) is 19.3 Å². The summed E-state index contributed by atoms with van der Waals surface area (Å²) in [4.78, 5) is 35.2. The molecule has 0 spiro atoms. The molecule has 0 saturated heterocycles. The Kier molecular flexibility index (Phi) is 5.83. The molecule has 2 amide bonds. The van der Waals surface area contributed by atoms with Crippen molar-refractivity contribution < 1.29 is 32.6 Å². The first-order valence-corrected chi connectivity index (χ1v) is 7.04. The summed E-state index contributed by atoms with van der Waals surface area (Å²) >= 11 is 0. The van der Waals surface area contributed by atoms with Crippen molar-refractivity contribution in [1.82, 2.24) is 9.88 Å². The van der Waals surface area contributed by atoms with Crippen molar-refractivity contribution in [3.05, 3.63) is 53.9 Å². The Hall–Kier alpha value is -3.23. The van der Waals surface area contributed by atoms with Crippen molar-refractivity contribution in [3.63, 3.8) is 0 Å². The maximum Gasteiger partial charge on any atom is 0.387 e. The highest BCUT2D eigenvalue weighted by atomic mass is 19.3. The molecule has 0 aliphatic carbocycles. The number of carbonyl (C=O) groups excluding carboxylic acids is 3. The summed E-state index contributed by atoms with van der Waals surface area (Å²) < 4.78 is 34.5. The topological polar surface area (TPSA) is 86.6 Å². The third-order valence-electron chi connectivity index (χ3n) is 3.08. The van der Waals surface area contributed by atoms with E-state index in [0.29, 0.717) is 0 Å². The highest BCUT2D eigenvalue weighted by molar-refractivity contribution is 6.04. The number of nitrogens with zero attached hydrogens (tertiary/aromatic N) is 1. The van der Waals surface area contributed by atoms with Crippen molar-refractivity contribution >= 4 is 17.8 Å². The van der Waals surface area contributed by atoms with Gasteiger partial charge >= 0.3 is 12.6 Å². The molecule has 0 saturated carbocycles. The predicted molar refractivity (Wildman–Crippen MR) is 81.2 cm³/mol. The highest BCUT2D eigenvalue weighted by Crippen LogP contribution is 2.15. The van der Waals surface area contributed by atoms with Crippen LogP contribution in [0.1, 0.15) is 20.8 Å². The molecule has 2 aromatic rings. The summed E-state index contributed by atoms with van der Waals surface area (Å²) in [6.07, 6.45) is 1.64. The SMILES string of the molecule is Cn1cccc1C(=O)NC(=O)COC(=O)c1ccc(OC(F)F)cc1. The smallest absolute Gasteiger partial charge is 0.387 e. The zero-order chi connectivity index (χ0) is 18.4. The van der Waals surface area contributed by atoms with Gasteiger partial charge in [0.2, 0.25) is 0 Å². The molecule has 1 N–H and O–H groups in total. The van der Waals surface area contributed by atoms with Crippen LogP contribution < -0.4 is 10.1 Å². The first-order valence-electron chi connectivity index (χ1n) is 7.04. The van der Waals surface area contributed by atoms with Gasteiger partial charge in [-0.1, -0.05) is 0 Å². The fourth-order valence-corrected chi connectivity index (χ4v) is 1.91. The molecule has 0 bridgehead atoms. The van der Waals surface area contributed by atoms with E-state index in [4.69, 9.17) is 4.74 Å². The van der Waals surface area contributed by atoms with E-state index in [-0.39, 0.29) is 17.0 Å². The van der Waals surface area contributed by atoms with Gasteiger partial charge in [0, 0.05) is 13.2 Å². The van der Waals surface area contributed by atoms with E-state index >= 15 is 0 Å². The lowest BCUT2D eigenvalue weighted by atomic mass is 10.2. The number of rotatable bonds is 6. The van der Waals surface area contributed by atoms with Crippen molar-refractivity contribution in [3.8, 4) is 5.75 Å². The lowest BCUT2D eigenvalue weighted by molar-refractivity contribution is -0.123. The average Bonchev–Trinajstić information content (AvgIpc) is 2.99. The molecular weight excluding hydrogens is 338 g/mol. The molecule has 1 aromatic carbocycles. The Morgan fingerprint density at radius 3 is 2.40 bits per heavy atom. The minimum Gasteiger partial charge on any atom is -0.452 e. The summed E-state index contributed by atoms with van der Waals surface area (Å²) in [5.74, 6) is -2.37. The average molecular weight is 352 g/mol. The second-order valence-electron chi connectivity index (χ2n) is 4.86. The van der Waals surface area contributed by atoms with Gasteiger partial charge in [0.25, 0.3) is 11.8 Å². The Bertz CT molecular complexity index is 771. The van der Waals surface area contributed by atoms with Crippen molar-refractivity contribution in [2.45, 2.75) is 6.61 Å². The van der Waals surface area contributed by atoms with E-state index in [1.165, 1.54) is 34.9 Å². The molecule has 132 valence electrons. The molecule has 7 nitrogen and oxygen atoms in total. The van der Waals surface area contributed by atoms with E-state index in [9.17, 15) is 23.2 Å². The maximum atomic E-state index is 12.0. The lowest BCUT2D eigenvalue weighted by Crippen LogP contribution is -2.35. The third kappa shape index (κ3) is 5.13. The van der Waals surface area contributed by atoms with Gasteiger partial charge in [0.15, 0.2) is 6.61 Å². The van der Waals surface area contributed by atoms with Gasteiger partial charge in [-0.3, -0.25) is 14.9 Å². The molecule has 25 heavy (non-hydrogen) atoms. The number of benzene rings is 1. The molecule has 1 aromatic heterocycles. The first kappa shape index (κ1) is 18.1. The second kappa shape index (κ2) is 8.04. The molecule has 0 aliphatic heterocycles. The largest absolute Gasteiger partial charge is 0.452 e. The van der Waals surface area contributed by atoms with Crippen molar-refractivity contribution in [1.29, 1.82) is 0 Å². The quantitative estimate of drug-likeness (QED) is 0.801. The maximum absolute atomic E-state index is 12.0. The Morgan fingerprint density at radius 1 is 1.16 bits per heavy atom. The minimum absolute atomic E-state index is 0.0446. The molecule has 0 unspecified atom stereocenters. The molecule has 0 radical (unpaired) electrons. The van der Waals surface area contributed by atoms with Crippen molar-refractivity contribution in [2.24, 2.45) is 7.05 Å². The van der Waals surface area contributed by atoms with Gasteiger partial charge in [-0.05, 0) is 36.4 Å². The number of esters is 1. The van der Waals surface area contributed by atoms with Crippen molar-refractivity contribution in [2.75, 3.05) is 6.61 Å². The monoisotopic (exact) mass is 352 g/mol. The lowest BCUT2D eigenvalue weighted by Gasteiger charge is -2.07. The van der Waals surface area contributed by atoms with E-state index in [1.807, 2.05) is 0 Å². The van der Waals surface area contributed by atoms with Gasteiger partial charge in [0.05, 0.1) is 5.56 Å². The van der Waals surface area contributed by atoms with Crippen LogP contribution in [-0.4, -0.2) is 35.6 Å². The van der Waals surface area contributed by atoms with Crippen LogP contribution in [0.25, 0.3) is 0 Å².